The van der Waals surface area contributed by atoms with Crippen molar-refractivity contribution in [2.24, 2.45) is 5.92 Å². The Morgan fingerprint density at radius 1 is 1.38 bits per heavy atom. The van der Waals surface area contributed by atoms with Crippen LogP contribution in [0, 0.1) is 19.8 Å². The standard InChI is InChI=1S/C19H25N3O2/c1-13-17(14(2)22-21-13)7-8-19(23)20-12-15-9-10-24-18-6-4-3-5-16(18)11-15/h3-6,15H,7-12H2,1-2H3,(H,20,23)(H,21,22). The van der Waals surface area contributed by atoms with Gasteiger partial charge in [0.05, 0.1) is 12.3 Å². The fourth-order valence-corrected chi connectivity index (χ4v) is 3.26. The topological polar surface area (TPSA) is 67.0 Å². The fraction of sp³-hybridized carbons (Fsp3) is 0.474. The van der Waals surface area contributed by atoms with E-state index in [1.165, 1.54) is 5.56 Å². The van der Waals surface area contributed by atoms with Crippen LogP contribution in [0.1, 0.15) is 35.4 Å². The molecule has 2 N–H and O–H groups in total. The number of hydrogen-bond donors (Lipinski definition) is 2. The summed E-state index contributed by atoms with van der Waals surface area (Å²) in [5.74, 6) is 1.51. The highest BCUT2D eigenvalue weighted by molar-refractivity contribution is 5.76. The number of H-pyrrole nitrogens is 1. The number of amides is 1. The highest BCUT2D eigenvalue weighted by atomic mass is 16.5. The van der Waals surface area contributed by atoms with Gasteiger partial charge in [-0.25, -0.2) is 0 Å². The Hall–Kier alpha value is -2.30. The van der Waals surface area contributed by atoms with Gasteiger partial charge < -0.3 is 10.1 Å². The smallest absolute Gasteiger partial charge is 0.220 e. The Morgan fingerprint density at radius 3 is 3.00 bits per heavy atom. The molecule has 1 aliphatic heterocycles. The summed E-state index contributed by atoms with van der Waals surface area (Å²) in [5, 5.41) is 10.2. The monoisotopic (exact) mass is 327 g/mol. The highest BCUT2D eigenvalue weighted by Gasteiger charge is 2.18. The van der Waals surface area contributed by atoms with Gasteiger partial charge in [0.2, 0.25) is 5.91 Å². The molecule has 0 saturated carbocycles. The van der Waals surface area contributed by atoms with Crippen molar-refractivity contribution in [3.05, 3.63) is 46.8 Å². The van der Waals surface area contributed by atoms with Crippen molar-refractivity contribution in [1.29, 1.82) is 0 Å². The SMILES string of the molecule is Cc1n[nH]c(C)c1CCC(=O)NCC1CCOc2ccccc2C1. The number of nitrogens with one attached hydrogen (secondary N) is 2. The van der Waals surface area contributed by atoms with Gasteiger partial charge >= 0.3 is 0 Å². The Bertz CT molecular complexity index is 689. The Morgan fingerprint density at radius 2 is 2.21 bits per heavy atom. The van der Waals surface area contributed by atoms with E-state index in [2.05, 4.69) is 21.6 Å². The summed E-state index contributed by atoms with van der Waals surface area (Å²) in [7, 11) is 0. The molecule has 1 aromatic carbocycles. The maximum Gasteiger partial charge on any atom is 0.220 e. The van der Waals surface area contributed by atoms with E-state index in [1.54, 1.807) is 0 Å². The van der Waals surface area contributed by atoms with Crippen LogP contribution in [0.3, 0.4) is 0 Å². The number of benzene rings is 1. The molecule has 5 nitrogen and oxygen atoms in total. The lowest BCUT2D eigenvalue weighted by molar-refractivity contribution is -0.121. The summed E-state index contributed by atoms with van der Waals surface area (Å²) in [4.78, 5) is 12.2. The lowest BCUT2D eigenvalue weighted by Crippen LogP contribution is -2.30. The van der Waals surface area contributed by atoms with Crippen molar-refractivity contribution < 1.29 is 9.53 Å². The Kier molecular flexibility index (Phi) is 5.18. The molecule has 128 valence electrons. The van der Waals surface area contributed by atoms with Crippen LogP contribution in [0.2, 0.25) is 0 Å². The molecular formula is C19H25N3O2. The van der Waals surface area contributed by atoms with Crippen molar-refractivity contribution in [3.63, 3.8) is 0 Å². The lowest BCUT2D eigenvalue weighted by Gasteiger charge is -2.14. The van der Waals surface area contributed by atoms with E-state index in [0.29, 0.717) is 25.5 Å². The predicted octanol–water partition coefficient (Wildman–Crippen LogP) is 2.72. The molecule has 0 fully saturated rings. The van der Waals surface area contributed by atoms with E-state index in [0.717, 1.165) is 42.0 Å². The molecule has 3 rings (SSSR count). The van der Waals surface area contributed by atoms with Crippen LogP contribution in [-0.4, -0.2) is 29.3 Å². The van der Waals surface area contributed by atoms with E-state index < -0.39 is 0 Å². The molecular weight excluding hydrogens is 302 g/mol. The molecule has 1 aromatic heterocycles. The first kappa shape index (κ1) is 16.6. The van der Waals surface area contributed by atoms with Crippen LogP contribution < -0.4 is 10.1 Å². The van der Waals surface area contributed by atoms with Gasteiger partial charge in [0, 0.05) is 18.7 Å². The minimum atomic E-state index is 0.105. The summed E-state index contributed by atoms with van der Waals surface area (Å²) in [6, 6.07) is 8.17. The quantitative estimate of drug-likeness (QED) is 0.887. The van der Waals surface area contributed by atoms with Crippen LogP contribution in [0.4, 0.5) is 0 Å². The van der Waals surface area contributed by atoms with Gasteiger partial charge in [-0.15, -0.1) is 0 Å². The van der Waals surface area contributed by atoms with Gasteiger partial charge in [0.15, 0.2) is 0 Å². The average molecular weight is 327 g/mol. The van der Waals surface area contributed by atoms with E-state index in [4.69, 9.17) is 4.74 Å². The van der Waals surface area contributed by atoms with Crippen LogP contribution >= 0.6 is 0 Å². The van der Waals surface area contributed by atoms with Gasteiger partial charge in [-0.05, 0) is 56.2 Å². The second kappa shape index (κ2) is 7.51. The molecule has 1 unspecified atom stereocenters. The van der Waals surface area contributed by atoms with Crippen molar-refractivity contribution in [3.8, 4) is 5.75 Å². The number of rotatable bonds is 5. The van der Waals surface area contributed by atoms with Crippen LogP contribution in [0.15, 0.2) is 24.3 Å². The molecule has 0 bridgehead atoms. The maximum absolute atomic E-state index is 12.2. The molecule has 0 spiro atoms. The molecule has 0 saturated heterocycles. The predicted molar refractivity (Wildman–Crippen MR) is 93.1 cm³/mol. The molecule has 2 heterocycles. The summed E-state index contributed by atoms with van der Waals surface area (Å²) >= 11 is 0. The molecule has 1 amide bonds. The third-order valence-electron chi connectivity index (χ3n) is 4.74. The highest BCUT2D eigenvalue weighted by Crippen LogP contribution is 2.26. The molecule has 0 aliphatic carbocycles. The van der Waals surface area contributed by atoms with Gasteiger partial charge in [-0.1, -0.05) is 18.2 Å². The summed E-state index contributed by atoms with van der Waals surface area (Å²) in [5.41, 5.74) is 4.43. The maximum atomic E-state index is 12.2. The normalized spacial score (nSPS) is 16.8. The number of ether oxygens (including phenoxy) is 1. The Balaban J connectivity index is 1.48. The number of carbonyl (C=O) groups is 1. The van der Waals surface area contributed by atoms with Gasteiger partial charge in [-0.3, -0.25) is 9.89 Å². The molecule has 1 aliphatic rings. The van der Waals surface area contributed by atoms with E-state index in [9.17, 15) is 4.79 Å². The first-order valence-electron chi connectivity index (χ1n) is 8.61. The number of aromatic nitrogens is 2. The number of para-hydroxylation sites is 1. The van der Waals surface area contributed by atoms with Crippen LogP contribution in [0.5, 0.6) is 5.75 Å². The zero-order chi connectivity index (χ0) is 16.9. The first-order valence-corrected chi connectivity index (χ1v) is 8.61. The third-order valence-corrected chi connectivity index (χ3v) is 4.74. The average Bonchev–Trinajstić information content (AvgIpc) is 2.79. The number of fused-ring (bicyclic) bond motifs is 1. The zero-order valence-electron chi connectivity index (χ0n) is 14.4. The fourth-order valence-electron chi connectivity index (χ4n) is 3.26. The number of carbonyl (C=O) groups excluding carboxylic acids is 1. The first-order chi connectivity index (χ1) is 11.6. The van der Waals surface area contributed by atoms with Crippen LogP contribution in [0.25, 0.3) is 0 Å². The third kappa shape index (κ3) is 3.96. The number of aryl methyl sites for hydroxylation is 2. The van der Waals surface area contributed by atoms with Crippen molar-refractivity contribution >= 4 is 5.91 Å². The molecule has 2 aromatic rings. The van der Waals surface area contributed by atoms with Gasteiger partial charge in [0.25, 0.3) is 0 Å². The van der Waals surface area contributed by atoms with Crippen molar-refractivity contribution in [1.82, 2.24) is 15.5 Å². The summed E-state index contributed by atoms with van der Waals surface area (Å²) in [6.45, 7) is 5.39. The Labute approximate surface area is 142 Å². The summed E-state index contributed by atoms with van der Waals surface area (Å²) in [6.07, 6.45) is 3.16. The molecule has 1 atom stereocenters. The van der Waals surface area contributed by atoms with E-state index >= 15 is 0 Å². The van der Waals surface area contributed by atoms with E-state index in [1.807, 2.05) is 32.0 Å². The van der Waals surface area contributed by atoms with E-state index in [-0.39, 0.29) is 5.91 Å². The van der Waals surface area contributed by atoms with Gasteiger partial charge in [0.1, 0.15) is 5.75 Å². The zero-order valence-corrected chi connectivity index (χ0v) is 14.4. The molecule has 5 heteroatoms. The lowest BCUT2D eigenvalue weighted by atomic mass is 9.97. The largest absolute Gasteiger partial charge is 0.493 e. The second-order valence-electron chi connectivity index (χ2n) is 6.53. The number of aromatic amines is 1. The number of nitrogens with zero attached hydrogens (tertiary/aromatic N) is 1. The van der Waals surface area contributed by atoms with Crippen molar-refractivity contribution in [2.75, 3.05) is 13.2 Å². The van der Waals surface area contributed by atoms with Crippen LogP contribution in [-0.2, 0) is 17.6 Å². The number of hydrogen-bond acceptors (Lipinski definition) is 3. The minimum absolute atomic E-state index is 0.105. The second-order valence-corrected chi connectivity index (χ2v) is 6.53. The molecule has 0 radical (unpaired) electrons. The van der Waals surface area contributed by atoms with Crippen molar-refractivity contribution in [2.45, 2.75) is 39.5 Å². The minimum Gasteiger partial charge on any atom is -0.493 e. The van der Waals surface area contributed by atoms with Gasteiger partial charge in [-0.2, -0.15) is 5.10 Å². The summed E-state index contributed by atoms with van der Waals surface area (Å²) < 4.78 is 5.79. The molecule has 24 heavy (non-hydrogen) atoms.